The van der Waals surface area contributed by atoms with Gasteiger partial charge in [-0.05, 0) is 31.2 Å². The number of carbonyl (C=O) groups is 1. The molecule has 0 radical (unpaired) electrons. The lowest BCUT2D eigenvalue weighted by atomic mass is 10.2. The van der Waals surface area contributed by atoms with Crippen molar-refractivity contribution >= 4 is 23.2 Å². The number of anilines is 1. The zero-order chi connectivity index (χ0) is 18.5. The van der Waals surface area contributed by atoms with Gasteiger partial charge < -0.3 is 19.3 Å². The van der Waals surface area contributed by atoms with Crippen LogP contribution in [-0.4, -0.2) is 50.2 Å². The number of rotatable bonds is 5. The number of methoxy groups -OCH3 is 1. The summed E-state index contributed by atoms with van der Waals surface area (Å²) in [6.07, 6.45) is -0.571. The predicted molar refractivity (Wildman–Crippen MR) is 103 cm³/mol. The Morgan fingerprint density at radius 1 is 1.08 bits per heavy atom. The van der Waals surface area contributed by atoms with Gasteiger partial charge in [0.15, 0.2) is 6.10 Å². The zero-order valence-electron chi connectivity index (χ0n) is 15.0. The number of carbonyl (C=O) groups excluding carboxylic acids is 1. The Hall–Kier alpha value is -2.40. The minimum absolute atomic E-state index is 0.0183. The van der Waals surface area contributed by atoms with Crippen molar-refractivity contribution in [2.45, 2.75) is 13.0 Å². The topological polar surface area (TPSA) is 42.0 Å². The molecule has 2 aromatic rings. The summed E-state index contributed by atoms with van der Waals surface area (Å²) in [5, 5.41) is 0.509. The van der Waals surface area contributed by atoms with Crippen molar-refractivity contribution in [3.63, 3.8) is 0 Å². The maximum absolute atomic E-state index is 12.7. The summed E-state index contributed by atoms with van der Waals surface area (Å²) < 4.78 is 11.0. The molecule has 1 fully saturated rings. The molecule has 1 amide bonds. The fourth-order valence-electron chi connectivity index (χ4n) is 3.03. The van der Waals surface area contributed by atoms with Gasteiger partial charge in [-0.1, -0.05) is 29.8 Å². The van der Waals surface area contributed by atoms with Gasteiger partial charge >= 0.3 is 0 Å². The molecule has 0 saturated carbocycles. The molecule has 1 unspecified atom stereocenters. The average Bonchev–Trinajstić information content (AvgIpc) is 2.69. The van der Waals surface area contributed by atoms with Crippen molar-refractivity contribution in [3.8, 4) is 11.5 Å². The first-order valence-corrected chi connectivity index (χ1v) is 9.05. The lowest BCUT2D eigenvalue weighted by molar-refractivity contribution is -0.138. The van der Waals surface area contributed by atoms with Crippen LogP contribution in [-0.2, 0) is 4.79 Å². The third-order valence-corrected chi connectivity index (χ3v) is 4.81. The SMILES string of the molecule is COc1cccc(N2CCN(C(=O)C(C)Oc3ccccc3Cl)CC2)c1. The number of ether oxygens (including phenoxy) is 2. The van der Waals surface area contributed by atoms with Crippen LogP contribution in [0.2, 0.25) is 5.02 Å². The molecule has 3 rings (SSSR count). The van der Waals surface area contributed by atoms with Gasteiger partial charge in [0.2, 0.25) is 0 Å². The van der Waals surface area contributed by atoms with E-state index in [-0.39, 0.29) is 5.91 Å². The van der Waals surface area contributed by atoms with Gasteiger partial charge in [0.25, 0.3) is 5.91 Å². The van der Waals surface area contributed by atoms with E-state index in [1.54, 1.807) is 26.2 Å². The van der Waals surface area contributed by atoms with Crippen LogP contribution in [0.1, 0.15) is 6.92 Å². The monoisotopic (exact) mass is 374 g/mol. The molecule has 1 heterocycles. The lowest BCUT2D eigenvalue weighted by Gasteiger charge is -2.37. The second-order valence-corrected chi connectivity index (χ2v) is 6.61. The predicted octanol–water partition coefficient (Wildman–Crippen LogP) is 3.46. The van der Waals surface area contributed by atoms with Crippen LogP contribution in [0, 0.1) is 0 Å². The highest BCUT2D eigenvalue weighted by molar-refractivity contribution is 6.32. The fourth-order valence-corrected chi connectivity index (χ4v) is 3.21. The summed E-state index contributed by atoms with van der Waals surface area (Å²) in [5.74, 6) is 1.35. The summed E-state index contributed by atoms with van der Waals surface area (Å²) in [6.45, 7) is 4.63. The molecule has 0 bridgehead atoms. The van der Waals surface area contributed by atoms with Gasteiger partial charge in [0, 0.05) is 37.9 Å². The third-order valence-electron chi connectivity index (χ3n) is 4.50. The Morgan fingerprint density at radius 2 is 1.81 bits per heavy atom. The molecule has 1 saturated heterocycles. The molecule has 0 aliphatic carbocycles. The minimum Gasteiger partial charge on any atom is -0.497 e. The number of halogens is 1. The van der Waals surface area contributed by atoms with Crippen molar-refractivity contribution in [3.05, 3.63) is 53.6 Å². The summed E-state index contributed by atoms with van der Waals surface area (Å²) in [5.41, 5.74) is 1.11. The van der Waals surface area contributed by atoms with Gasteiger partial charge in [-0.2, -0.15) is 0 Å². The van der Waals surface area contributed by atoms with Crippen LogP contribution in [0.25, 0.3) is 0 Å². The second kappa shape index (κ2) is 8.32. The number of para-hydroxylation sites is 1. The minimum atomic E-state index is -0.571. The van der Waals surface area contributed by atoms with E-state index in [1.807, 2.05) is 35.2 Å². The maximum Gasteiger partial charge on any atom is 0.263 e. The maximum atomic E-state index is 12.7. The highest BCUT2D eigenvalue weighted by Crippen LogP contribution is 2.25. The van der Waals surface area contributed by atoms with Crippen LogP contribution in [0.5, 0.6) is 11.5 Å². The Balaban J connectivity index is 1.57. The third kappa shape index (κ3) is 4.22. The second-order valence-electron chi connectivity index (χ2n) is 6.20. The summed E-state index contributed by atoms with van der Waals surface area (Å²) in [4.78, 5) is 16.8. The highest BCUT2D eigenvalue weighted by atomic mass is 35.5. The summed E-state index contributed by atoms with van der Waals surface area (Å²) >= 11 is 6.10. The first kappa shape index (κ1) is 18.4. The number of hydrogen-bond donors (Lipinski definition) is 0. The molecule has 0 spiro atoms. The molecule has 5 nitrogen and oxygen atoms in total. The van der Waals surface area contributed by atoms with E-state index in [1.165, 1.54) is 0 Å². The Bertz CT molecular complexity index is 760. The fraction of sp³-hybridized carbons (Fsp3) is 0.350. The first-order valence-electron chi connectivity index (χ1n) is 8.67. The number of amides is 1. The molecule has 1 atom stereocenters. The van der Waals surface area contributed by atoms with Gasteiger partial charge in [-0.25, -0.2) is 0 Å². The first-order chi connectivity index (χ1) is 12.6. The van der Waals surface area contributed by atoms with Crippen LogP contribution in [0.3, 0.4) is 0 Å². The lowest BCUT2D eigenvalue weighted by Crippen LogP contribution is -2.52. The summed E-state index contributed by atoms with van der Waals surface area (Å²) in [7, 11) is 1.66. The molecule has 138 valence electrons. The van der Waals surface area contributed by atoms with Crippen molar-refractivity contribution in [2.24, 2.45) is 0 Å². The number of hydrogen-bond acceptors (Lipinski definition) is 4. The molecule has 26 heavy (non-hydrogen) atoms. The number of benzene rings is 2. The molecule has 6 heteroatoms. The van der Waals surface area contributed by atoms with Gasteiger partial charge in [-0.3, -0.25) is 4.79 Å². The Labute approximate surface area is 159 Å². The van der Waals surface area contributed by atoms with Gasteiger partial charge in [0.05, 0.1) is 12.1 Å². The Kier molecular flexibility index (Phi) is 5.89. The van der Waals surface area contributed by atoms with E-state index in [4.69, 9.17) is 21.1 Å². The van der Waals surface area contributed by atoms with E-state index < -0.39 is 6.10 Å². The smallest absolute Gasteiger partial charge is 0.263 e. The number of piperazine rings is 1. The van der Waals surface area contributed by atoms with E-state index in [0.29, 0.717) is 23.9 Å². The zero-order valence-corrected chi connectivity index (χ0v) is 15.8. The average molecular weight is 375 g/mol. The van der Waals surface area contributed by atoms with Crippen LogP contribution >= 0.6 is 11.6 Å². The molecule has 0 aromatic heterocycles. The van der Waals surface area contributed by atoms with Crippen LogP contribution < -0.4 is 14.4 Å². The van der Waals surface area contributed by atoms with Crippen LogP contribution in [0.15, 0.2) is 48.5 Å². The van der Waals surface area contributed by atoms with E-state index >= 15 is 0 Å². The van der Waals surface area contributed by atoms with Crippen molar-refractivity contribution < 1.29 is 14.3 Å². The van der Waals surface area contributed by atoms with Crippen LogP contribution in [0.4, 0.5) is 5.69 Å². The standard InChI is InChI=1S/C20H23ClN2O3/c1-15(26-19-9-4-3-8-18(19)21)20(24)23-12-10-22(11-13-23)16-6-5-7-17(14-16)25-2/h3-9,14-15H,10-13H2,1-2H3. The van der Waals surface area contributed by atoms with Gasteiger partial charge in [-0.15, -0.1) is 0 Å². The quantitative estimate of drug-likeness (QED) is 0.803. The van der Waals surface area contributed by atoms with Gasteiger partial charge in [0.1, 0.15) is 11.5 Å². The molecule has 2 aromatic carbocycles. The highest BCUT2D eigenvalue weighted by Gasteiger charge is 2.26. The number of nitrogens with zero attached hydrogens (tertiary/aromatic N) is 2. The summed E-state index contributed by atoms with van der Waals surface area (Å²) in [6, 6.07) is 15.2. The van der Waals surface area contributed by atoms with Crippen molar-refractivity contribution in [1.82, 2.24) is 4.90 Å². The van der Waals surface area contributed by atoms with Crippen molar-refractivity contribution in [1.29, 1.82) is 0 Å². The Morgan fingerprint density at radius 3 is 2.50 bits per heavy atom. The van der Waals surface area contributed by atoms with Crippen molar-refractivity contribution in [2.75, 3.05) is 38.2 Å². The molecule has 0 N–H and O–H groups in total. The largest absolute Gasteiger partial charge is 0.497 e. The van der Waals surface area contributed by atoms with E-state index in [2.05, 4.69) is 11.0 Å². The molecular weight excluding hydrogens is 352 g/mol. The van der Waals surface area contributed by atoms with E-state index in [0.717, 1.165) is 24.5 Å². The van der Waals surface area contributed by atoms with E-state index in [9.17, 15) is 4.79 Å². The molecule has 1 aliphatic rings. The molecule has 1 aliphatic heterocycles. The normalized spacial score (nSPS) is 15.5. The molecular formula is C20H23ClN2O3.